The van der Waals surface area contributed by atoms with Gasteiger partial charge in [-0.1, -0.05) is 36.4 Å². The molecule has 0 spiro atoms. The number of hydrogen-bond donors (Lipinski definition) is 1. The molecule has 0 fully saturated rings. The highest BCUT2D eigenvalue weighted by atomic mass is 19.1. The molecule has 4 heteroatoms. The summed E-state index contributed by atoms with van der Waals surface area (Å²) >= 11 is 0. The zero-order chi connectivity index (χ0) is 19.1. The number of aryl methyl sites for hydroxylation is 1. The summed E-state index contributed by atoms with van der Waals surface area (Å²) in [6, 6.07) is 21.7. The van der Waals surface area contributed by atoms with Gasteiger partial charge < -0.3 is 10.5 Å². The lowest BCUT2D eigenvalue weighted by atomic mass is 10.0. The number of carbonyl (C=O) groups is 1. The van der Waals surface area contributed by atoms with Crippen molar-refractivity contribution in [3.63, 3.8) is 0 Å². The number of nitrogens with two attached hydrogens (primary N) is 1. The third-order valence-corrected chi connectivity index (χ3v) is 4.35. The first-order chi connectivity index (χ1) is 13.1. The summed E-state index contributed by atoms with van der Waals surface area (Å²) in [4.78, 5) is 11.3. The van der Waals surface area contributed by atoms with Crippen LogP contribution in [0.2, 0.25) is 0 Å². The van der Waals surface area contributed by atoms with Gasteiger partial charge >= 0.3 is 0 Å². The SMILES string of the molecule is NC(=O)c1cccc(-c2ccc(OCCCCc3cccc(F)c3)cc2)c1. The summed E-state index contributed by atoms with van der Waals surface area (Å²) in [6.07, 6.45) is 2.69. The van der Waals surface area contributed by atoms with E-state index in [4.69, 9.17) is 10.5 Å². The molecule has 3 aromatic carbocycles. The third-order valence-electron chi connectivity index (χ3n) is 4.35. The van der Waals surface area contributed by atoms with E-state index in [2.05, 4.69) is 0 Å². The average Bonchev–Trinajstić information content (AvgIpc) is 2.68. The van der Waals surface area contributed by atoms with E-state index in [0.29, 0.717) is 12.2 Å². The lowest BCUT2D eigenvalue weighted by Gasteiger charge is -2.08. The Hall–Kier alpha value is -3.14. The molecule has 0 radical (unpaired) electrons. The van der Waals surface area contributed by atoms with Gasteiger partial charge in [-0.25, -0.2) is 4.39 Å². The first-order valence-electron chi connectivity index (χ1n) is 8.99. The maximum Gasteiger partial charge on any atom is 0.248 e. The fourth-order valence-corrected chi connectivity index (χ4v) is 2.91. The van der Waals surface area contributed by atoms with Crippen molar-refractivity contribution < 1.29 is 13.9 Å². The summed E-state index contributed by atoms with van der Waals surface area (Å²) in [6.45, 7) is 0.617. The van der Waals surface area contributed by atoms with Gasteiger partial charge in [0.1, 0.15) is 11.6 Å². The van der Waals surface area contributed by atoms with E-state index in [1.807, 2.05) is 42.5 Å². The summed E-state index contributed by atoms with van der Waals surface area (Å²) in [7, 11) is 0. The smallest absolute Gasteiger partial charge is 0.248 e. The molecule has 0 aliphatic carbocycles. The number of rotatable bonds is 8. The van der Waals surface area contributed by atoms with Gasteiger partial charge in [-0.2, -0.15) is 0 Å². The van der Waals surface area contributed by atoms with E-state index >= 15 is 0 Å². The highest BCUT2D eigenvalue weighted by molar-refractivity contribution is 5.94. The number of benzene rings is 3. The van der Waals surface area contributed by atoms with Gasteiger partial charge in [0.15, 0.2) is 0 Å². The highest BCUT2D eigenvalue weighted by Gasteiger charge is 2.04. The molecular formula is C23H22FNO2. The van der Waals surface area contributed by atoms with Crippen LogP contribution in [0.4, 0.5) is 4.39 Å². The van der Waals surface area contributed by atoms with Crippen LogP contribution in [-0.2, 0) is 6.42 Å². The van der Waals surface area contributed by atoms with Crippen molar-refractivity contribution in [2.24, 2.45) is 5.73 Å². The van der Waals surface area contributed by atoms with Crippen LogP contribution in [0, 0.1) is 5.82 Å². The van der Waals surface area contributed by atoms with Gasteiger partial charge in [-0.05, 0) is 72.4 Å². The zero-order valence-corrected chi connectivity index (χ0v) is 15.0. The average molecular weight is 363 g/mol. The van der Waals surface area contributed by atoms with Gasteiger partial charge in [0, 0.05) is 5.56 Å². The van der Waals surface area contributed by atoms with Crippen molar-refractivity contribution in [3.8, 4) is 16.9 Å². The van der Waals surface area contributed by atoms with Crippen LogP contribution < -0.4 is 10.5 Å². The molecule has 0 heterocycles. The second kappa shape index (κ2) is 8.99. The number of halogens is 1. The summed E-state index contributed by atoms with van der Waals surface area (Å²) in [5.41, 5.74) is 8.77. The first kappa shape index (κ1) is 18.6. The van der Waals surface area contributed by atoms with Crippen molar-refractivity contribution in [2.75, 3.05) is 6.61 Å². The largest absolute Gasteiger partial charge is 0.494 e. The maximum absolute atomic E-state index is 13.1. The quantitative estimate of drug-likeness (QED) is 0.573. The molecular weight excluding hydrogens is 341 g/mol. The topological polar surface area (TPSA) is 52.3 Å². The fourth-order valence-electron chi connectivity index (χ4n) is 2.91. The van der Waals surface area contributed by atoms with Crippen molar-refractivity contribution in [2.45, 2.75) is 19.3 Å². The first-order valence-corrected chi connectivity index (χ1v) is 8.99. The van der Waals surface area contributed by atoms with Crippen molar-refractivity contribution in [1.82, 2.24) is 0 Å². The Morgan fingerprint density at radius 2 is 1.67 bits per heavy atom. The summed E-state index contributed by atoms with van der Waals surface area (Å²) in [5, 5.41) is 0. The van der Waals surface area contributed by atoms with Crippen molar-refractivity contribution in [3.05, 3.63) is 89.7 Å². The van der Waals surface area contributed by atoms with E-state index in [-0.39, 0.29) is 5.82 Å². The summed E-state index contributed by atoms with van der Waals surface area (Å²) < 4.78 is 18.9. The lowest BCUT2D eigenvalue weighted by Crippen LogP contribution is -2.10. The molecule has 0 saturated heterocycles. The Morgan fingerprint density at radius 1 is 0.889 bits per heavy atom. The van der Waals surface area contributed by atoms with E-state index in [1.165, 1.54) is 6.07 Å². The number of amides is 1. The summed E-state index contributed by atoms with van der Waals surface area (Å²) in [5.74, 6) is 0.177. The molecule has 3 nitrogen and oxygen atoms in total. The monoisotopic (exact) mass is 363 g/mol. The number of hydrogen-bond acceptors (Lipinski definition) is 2. The second-order valence-corrected chi connectivity index (χ2v) is 6.40. The molecule has 138 valence electrons. The molecule has 1 amide bonds. The third kappa shape index (κ3) is 5.42. The molecule has 0 aromatic heterocycles. The van der Waals surface area contributed by atoms with Gasteiger partial charge in [-0.15, -0.1) is 0 Å². The Bertz CT molecular complexity index is 906. The number of ether oxygens (including phenoxy) is 1. The maximum atomic E-state index is 13.1. The van der Waals surface area contributed by atoms with Crippen LogP contribution in [0.15, 0.2) is 72.8 Å². The fraction of sp³-hybridized carbons (Fsp3) is 0.174. The molecule has 0 bridgehead atoms. The molecule has 0 unspecified atom stereocenters. The standard InChI is InChI=1S/C23H22FNO2/c24-21-9-3-6-17(15-21)5-1-2-14-27-22-12-10-18(11-13-22)19-7-4-8-20(16-19)23(25)26/h3-4,6-13,15-16H,1-2,5,14H2,(H2,25,26). The van der Waals surface area contributed by atoms with Crippen LogP contribution in [0.25, 0.3) is 11.1 Å². The van der Waals surface area contributed by atoms with E-state index in [9.17, 15) is 9.18 Å². The molecule has 3 aromatic rings. The molecule has 3 rings (SSSR count). The minimum absolute atomic E-state index is 0.190. The molecule has 2 N–H and O–H groups in total. The number of unbranched alkanes of at least 4 members (excludes halogenated alkanes) is 1. The number of primary amides is 1. The van der Waals surface area contributed by atoms with Crippen LogP contribution in [0.5, 0.6) is 5.75 Å². The molecule has 0 saturated carbocycles. The van der Waals surface area contributed by atoms with E-state index in [1.54, 1.807) is 24.3 Å². The Balaban J connectivity index is 1.48. The van der Waals surface area contributed by atoms with Gasteiger partial charge in [0.05, 0.1) is 6.61 Å². The van der Waals surface area contributed by atoms with E-state index in [0.717, 1.165) is 41.7 Å². The van der Waals surface area contributed by atoms with Gasteiger partial charge in [0.2, 0.25) is 5.91 Å². The van der Waals surface area contributed by atoms with E-state index < -0.39 is 5.91 Å². The lowest BCUT2D eigenvalue weighted by molar-refractivity contribution is 0.100. The normalized spacial score (nSPS) is 10.6. The minimum Gasteiger partial charge on any atom is -0.494 e. The molecule has 0 atom stereocenters. The minimum atomic E-state index is -0.435. The Kier molecular flexibility index (Phi) is 6.21. The predicted octanol–water partition coefficient (Wildman–Crippen LogP) is 4.99. The number of carbonyl (C=O) groups excluding carboxylic acids is 1. The van der Waals surface area contributed by atoms with Gasteiger partial charge in [0.25, 0.3) is 0 Å². The van der Waals surface area contributed by atoms with Crippen molar-refractivity contribution >= 4 is 5.91 Å². The van der Waals surface area contributed by atoms with Gasteiger partial charge in [-0.3, -0.25) is 4.79 Å². The van der Waals surface area contributed by atoms with Crippen LogP contribution in [-0.4, -0.2) is 12.5 Å². The van der Waals surface area contributed by atoms with Crippen LogP contribution >= 0.6 is 0 Å². The van der Waals surface area contributed by atoms with Crippen molar-refractivity contribution in [1.29, 1.82) is 0 Å². The Morgan fingerprint density at radius 3 is 2.41 bits per heavy atom. The highest BCUT2D eigenvalue weighted by Crippen LogP contribution is 2.23. The Labute approximate surface area is 158 Å². The molecule has 0 aliphatic rings. The van der Waals surface area contributed by atoms with Crippen LogP contribution in [0.1, 0.15) is 28.8 Å². The van der Waals surface area contributed by atoms with Crippen LogP contribution in [0.3, 0.4) is 0 Å². The molecule has 27 heavy (non-hydrogen) atoms. The molecule has 0 aliphatic heterocycles. The second-order valence-electron chi connectivity index (χ2n) is 6.40. The predicted molar refractivity (Wildman–Crippen MR) is 105 cm³/mol. The zero-order valence-electron chi connectivity index (χ0n) is 15.0.